The number of imidazole rings is 1. The molecule has 0 atom stereocenters. The van der Waals surface area contributed by atoms with Crippen molar-refractivity contribution in [3.05, 3.63) is 82.9 Å². The van der Waals surface area contributed by atoms with Crippen LogP contribution in [0.4, 0.5) is 16.0 Å². The molecule has 1 fully saturated rings. The summed E-state index contributed by atoms with van der Waals surface area (Å²) in [6.45, 7) is 5.20. The Kier molecular flexibility index (Phi) is 7.26. The number of likely N-dealkylation sites (tertiary alicyclic amines) is 1. The van der Waals surface area contributed by atoms with Crippen LogP contribution < -0.4 is 11.1 Å². The van der Waals surface area contributed by atoms with Gasteiger partial charge < -0.3 is 11.1 Å². The number of aromatic nitrogens is 3. The van der Waals surface area contributed by atoms with Crippen LogP contribution in [0.15, 0.2) is 60.8 Å². The molecule has 190 valence electrons. The van der Waals surface area contributed by atoms with Gasteiger partial charge in [0.1, 0.15) is 17.3 Å². The smallest absolute Gasteiger partial charge is 0.165 e. The van der Waals surface area contributed by atoms with Crippen molar-refractivity contribution in [2.24, 2.45) is 0 Å². The summed E-state index contributed by atoms with van der Waals surface area (Å²) in [5.41, 5.74) is 11.1. The second-order valence-corrected chi connectivity index (χ2v) is 9.57. The number of hydrogen-bond acceptors (Lipinski definition) is 5. The Morgan fingerprint density at radius 1 is 1.11 bits per heavy atom. The summed E-state index contributed by atoms with van der Waals surface area (Å²) < 4.78 is 16.9. The second-order valence-electron chi connectivity index (χ2n) is 9.16. The van der Waals surface area contributed by atoms with Gasteiger partial charge in [0.15, 0.2) is 11.6 Å². The largest absolute Gasteiger partial charge is 0.383 e. The Labute approximate surface area is 221 Å². The molecule has 2 aromatic carbocycles. The first kappa shape index (κ1) is 25.0. The summed E-state index contributed by atoms with van der Waals surface area (Å²) in [4.78, 5) is 11.8. The first-order valence-electron chi connectivity index (χ1n) is 12.4. The molecule has 0 amide bonds. The lowest BCUT2D eigenvalue weighted by Crippen LogP contribution is -2.18. The van der Waals surface area contributed by atoms with Crippen LogP contribution in [0.2, 0.25) is 5.02 Å². The highest BCUT2D eigenvalue weighted by molar-refractivity contribution is 6.30. The maximum absolute atomic E-state index is 15.2. The molecule has 1 aliphatic heterocycles. The van der Waals surface area contributed by atoms with Gasteiger partial charge in [0.2, 0.25) is 0 Å². The maximum atomic E-state index is 15.2. The van der Waals surface area contributed by atoms with Gasteiger partial charge in [-0.2, -0.15) is 0 Å². The molecule has 3 N–H and O–H groups in total. The van der Waals surface area contributed by atoms with Gasteiger partial charge in [-0.3, -0.25) is 9.47 Å². The fraction of sp³-hybridized carbons (Fsp3) is 0.241. The van der Waals surface area contributed by atoms with Crippen LogP contribution in [0, 0.1) is 5.82 Å². The topological polar surface area (TPSA) is 72.0 Å². The van der Waals surface area contributed by atoms with Crippen molar-refractivity contribution in [3.63, 3.8) is 0 Å². The minimum atomic E-state index is -0.539. The molecule has 1 saturated heterocycles. The predicted octanol–water partition coefficient (Wildman–Crippen LogP) is 6.65. The summed E-state index contributed by atoms with van der Waals surface area (Å²) in [5, 5.41) is 3.19. The molecule has 37 heavy (non-hydrogen) atoms. The number of nitrogens with zero attached hydrogens (tertiary/aromatic N) is 4. The van der Waals surface area contributed by atoms with Crippen molar-refractivity contribution < 1.29 is 4.39 Å². The van der Waals surface area contributed by atoms with Crippen LogP contribution >= 0.6 is 11.6 Å². The minimum absolute atomic E-state index is 0.0284. The average Bonchev–Trinajstić information content (AvgIpc) is 3.54. The molecule has 0 radical (unpaired) electrons. The Bertz CT molecular complexity index is 1440. The number of allylic oxidation sites excluding steroid dienone is 1. The summed E-state index contributed by atoms with van der Waals surface area (Å²) >= 11 is 6.15. The lowest BCUT2D eigenvalue weighted by molar-refractivity contribution is 0.331. The first-order valence-corrected chi connectivity index (χ1v) is 12.8. The number of benzene rings is 2. The molecule has 8 heteroatoms. The molecule has 0 aliphatic carbocycles. The monoisotopic (exact) mass is 516 g/mol. The summed E-state index contributed by atoms with van der Waals surface area (Å²) in [7, 11) is 1.77. The summed E-state index contributed by atoms with van der Waals surface area (Å²) in [5.74, 6) is 0.849. The van der Waals surface area contributed by atoms with Crippen molar-refractivity contribution in [3.8, 4) is 28.2 Å². The minimum Gasteiger partial charge on any atom is -0.383 e. The van der Waals surface area contributed by atoms with Gasteiger partial charge in [0.25, 0.3) is 0 Å². The second kappa shape index (κ2) is 10.7. The molecular formula is C29H30ClFN6. The number of halogens is 2. The molecular weight excluding hydrogens is 487 g/mol. The number of nitrogens with one attached hydrogen (secondary N) is 1. The van der Waals surface area contributed by atoms with Gasteiger partial charge >= 0.3 is 0 Å². The first-order chi connectivity index (χ1) is 18.0. The molecule has 2 aromatic heterocycles. The highest BCUT2D eigenvalue weighted by atomic mass is 35.5. The highest BCUT2D eigenvalue weighted by Crippen LogP contribution is 2.36. The Hall–Kier alpha value is -3.68. The van der Waals surface area contributed by atoms with E-state index in [1.807, 2.05) is 25.1 Å². The van der Waals surface area contributed by atoms with E-state index in [-0.39, 0.29) is 10.7 Å². The van der Waals surface area contributed by atoms with E-state index in [4.69, 9.17) is 22.3 Å². The van der Waals surface area contributed by atoms with Crippen LogP contribution in [-0.2, 0) is 6.54 Å². The van der Waals surface area contributed by atoms with Crippen LogP contribution in [0.25, 0.3) is 34.3 Å². The molecule has 4 aromatic rings. The molecule has 5 rings (SSSR count). The number of hydrogen-bond donors (Lipinski definition) is 2. The molecule has 1 aliphatic rings. The van der Waals surface area contributed by atoms with Crippen molar-refractivity contribution in [2.45, 2.75) is 26.3 Å². The van der Waals surface area contributed by atoms with Gasteiger partial charge in [0.05, 0.1) is 16.3 Å². The number of pyridine rings is 1. The number of nitrogens with two attached hydrogens (primary N) is 1. The van der Waals surface area contributed by atoms with Crippen molar-refractivity contribution in [1.82, 2.24) is 19.4 Å². The quantitative estimate of drug-likeness (QED) is 0.288. The Morgan fingerprint density at radius 3 is 2.57 bits per heavy atom. The zero-order valence-corrected chi connectivity index (χ0v) is 21.8. The Morgan fingerprint density at radius 2 is 1.86 bits per heavy atom. The third-order valence-electron chi connectivity index (χ3n) is 6.69. The highest BCUT2D eigenvalue weighted by Gasteiger charge is 2.23. The van der Waals surface area contributed by atoms with Crippen molar-refractivity contribution in [1.29, 1.82) is 0 Å². The van der Waals surface area contributed by atoms with E-state index < -0.39 is 5.82 Å². The maximum Gasteiger partial charge on any atom is 0.165 e. The number of anilines is 2. The van der Waals surface area contributed by atoms with Gasteiger partial charge in [-0.1, -0.05) is 48.0 Å². The van der Waals surface area contributed by atoms with E-state index in [1.165, 1.54) is 24.5 Å². The van der Waals surface area contributed by atoms with Crippen LogP contribution in [0.5, 0.6) is 0 Å². The van der Waals surface area contributed by atoms with Gasteiger partial charge in [-0.05, 0) is 68.3 Å². The van der Waals surface area contributed by atoms with Crippen LogP contribution in [0.3, 0.4) is 0 Å². The zero-order valence-electron chi connectivity index (χ0n) is 21.0. The molecule has 6 nitrogen and oxygen atoms in total. The van der Waals surface area contributed by atoms with E-state index in [2.05, 4.69) is 39.5 Å². The zero-order chi connectivity index (χ0) is 25.9. The van der Waals surface area contributed by atoms with E-state index in [0.717, 1.165) is 30.8 Å². The molecule has 0 spiro atoms. The van der Waals surface area contributed by atoms with Gasteiger partial charge in [-0.15, -0.1) is 0 Å². The summed E-state index contributed by atoms with van der Waals surface area (Å²) in [6.07, 6.45) is 8.05. The SMILES string of the molecule is C/C=C\c1nc(-c2cc(-c3ccc(CN4CCCC4)cc3)cnc2N)n(-c2cccc(Cl)c2F)c1NC. The number of rotatable bonds is 7. The van der Waals surface area contributed by atoms with Crippen molar-refractivity contribution >= 4 is 29.3 Å². The van der Waals surface area contributed by atoms with E-state index in [9.17, 15) is 0 Å². The fourth-order valence-corrected chi connectivity index (χ4v) is 5.02. The average molecular weight is 517 g/mol. The van der Waals surface area contributed by atoms with E-state index >= 15 is 4.39 Å². The number of nitrogen functional groups attached to an aromatic ring is 1. The fourth-order valence-electron chi connectivity index (χ4n) is 4.85. The third-order valence-corrected chi connectivity index (χ3v) is 6.98. The standard InChI is InChI=1S/C29H30ClFN6/c1-3-7-24-29(33-2)37(25-9-6-8-23(30)26(25)31)28(35-24)22-16-21(17-34-27(22)32)20-12-10-19(11-13-20)18-36-14-4-5-15-36/h3,6-13,16-17,33H,4-5,14-15,18H2,1-2H3,(H2,32,34)/b7-3-. The molecule has 0 saturated carbocycles. The van der Waals surface area contributed by atoms with E-state index in [0.29, 0.717) is 28.7 Å². The summed E-state index contributed by atoms with van der Waals surface area (Å²) in [6, 6.07) is 15.4. The predicted molar refractivity (Wildman–Crippen MR) is 150 cm³/mol. The molecule has 3 heterocycles. The third kappa shape index (κ3) is 4.97. The van der Waals surface area contributed by atoms with Gasteiger partial charge in [-0.25, -0.2) is 14.4 Å². The normalized spacial score (nSPS) is 14.1. The van der Waals surface area contributed by atoms with Gasteiger partial charge in [0, 0.05) is 25.4 Å². The van der Waals surface area contributed by atoms with E-state index in [1.54, 1.807) is 29.9 Å². The Balaban J connectivity index is 1.60. The lowest BCUT2D eigenvalue weighted by Gasteiger charge is -2.16. The molecule has 0 unspecified atom stereocenters. The molecule has 0 bridgehead atoms. The van der Waals surface area contributed by atoms with Crippen molar-refractivity contribution in [2.75, 3.05) is 31.2 Å². The lowest BCUT2D eigenvalue weighted by atomic mass is 10.0. The van der Waals surface area contributed by atoms with Crippen LogP contribution in [-0.4, -0.2) is 39.6 Å². The van der Waals surface area contributed by atoms with Crippen LogP contribution in [0.1, 0.15) is 31.0 Å².